The molecule has 1 N–H and O–H groups in total. The first kappa shape index (κ1) is 32.9. The molecule has 2 bridgehead atoms. The summed E-state index contributed by atoms with van der Waals surface area (Å²) in [6, 6.07) is 12.7. The molecule has 3 aliphatic rings. The Balaban J connectivity index is 1.71. The lowest BCUT2D eigenvalue weighted by Gasteiger charge is -2.40. The van der Waals surface area contributed by atoms with Crippen LogP contribution < -0.4 is 4.90 Å². The van der Waals surface area contributed by atoms with E-state index >= 15 is 4.79 Å². The SMILES string of the molecule is C=CCN(CCC)C(=O)[C@H]1[C@H]2C(=O)N([C@H](CO)c3ccccc3)C(C(=O)N(CC=C)c3c(C)cccc3Cl)C23CC[C@]1(CC)O3. The monoisotopic (exact) mass is 633 g/mol. The number of nitrogens with zero attached hydrogens (tertiary/aromatic N) is 3. The lowest BCUT2D eigenvalue weighted by atomic mass is 9.64. The number of likely N-dealkylation sites (tertiary alicyclic amines) is 1. The number of hydrogen-bond donors (Lipinski definition) is 1. The fourth-order valence-electron chi connectivity index (χ4n) is 8.12. The zero-order valence-electron chi connectivity index (χ0n) is 26.5. The van der Waals surface area contributed by atoms with Crippen LogP contribution in [0.3, 0.4) is 0 Å². The highest BCUT2D eigenvalue weighted by Gasteiger charge is 2.79. The number of anilines is 1. The molecule has 2 unspecified atom stereocenters. The Morgan fingerprint density at radius 2 is 1.80 bits per heavy atom. The number of aliphatic hydroxyl groups is 1. The minimum absolute atomic E-state index is 0.142. The molecule has 8 nitrogen and oxygen atoms in total. The number of carbonyl (C=O) groups is 3. The van der Waals surface area contributed by atoms with Crippen LogP contribution in [0.1, 0.15) is 56.7 Å². The van der Waals surface area contributed by atoms with Crippen LogP contribution in [0.4, 0.5) is 5.69 Å². The standard InChI is InChI=1S/C36H44ClN3O5/c1-6-20-38(21-7-2)32(42)28-29-33(43)40(27(23-41)25-15-11-10-12-16-25)31(36(29)19-18-35(28,9-4)45-36)34(44)39(22-8-3)30-24(5)14-13-17-26(30)37/h6,8,10-17,27-29,31,41H,1,3,7,9,18-23H2,2,4-5H3/t27-,28-,29+,31?,35+,36?/m1/s1. The van der Waals surface area contributed by atoms with Gasteiger partial charge in [-0.3, -0.25) is 14.4 Å². The molecule has 2 aromatic carbocycles. The summed E-state index contributed by atoms with van der Waals surface area (Å²) in [6.45, 7) is 14.2. The number of halogens is 1. The first-order valence-corrected chi connectivity index (χ1v) is 16.3. The molecule has 9 heteroatoms. The molecule has 45 heavy (non-hydrogen) atoms. The van der Waals surface area contributed by atoms with E-state index in [1.807, 2.05) is 63.2 Å². The van der Waals surface area contributed by atoms with Crippen molar-refractivity contribution in [3.63, 3.8) is 0 Å². The van der Waals surface area contributed by atoms with Crippen molar-refractivity contribution in [1.29, 1.82) is 0 Å². The topological polar surface area (TPSA) is 90.4 Å². The molecule has 0 radical (unpaired) electrons. The summed E-state index contributed by atoms with van der Waals surface area (Å²) in [5, 5.41) is 11.2. The summed E-state index contributed by atoms with van der Waals surface area (Å²) in [5.41, 5.74) is -0.150. The van der Waals surface area contributed by atoms with Gasteiger partial charge in [0.15, 0.2) is 0 Å². The van der Waals surface area contributed by atoms with Gasteiger partial charge in [0.2, 0.25) is 11.8 Å². The van der Waals surface area contributed by atoms with E-state index in [4.69, 9.17) is 16.3 Å². The van der Waals surface area contributed by atoms with Gasteiger partial charge >= 0.3 is 0 Å². The Morgan fingerprint density at radius 1 is 1.09 bits per heavy atom. The van der Waals surface area contributed by atoms with Crippen molar-refractivity contribution in [2.75, 3.05) is 31.1 Å². The van der Waals surface area contributed by atoms with E-state index in [2.05, 4.69) is 13.2 Å². The van der Waals surface area contributed by atoms with Crippen molar-refractivity contribution < 1.29 is 24.2 Å². The van der Waals surface area contributed by atoms with Gasteiger partial charge in [0.1, 0.15) is 11.6 Å². The van der Waals surface area contributed by atoms with Gasteiger partial charge in [-0.25, -0.2) is 0 Å². The summed E-state index contributed by atoms with van der Waals surface area (Å²) in [4.78, 5) is 49.4. The summed E-state index contributed by atoms with van der Waals surface area (Å²) in [7, 11) is 0. The van der Waals surface area contributed by atoms with Crippen LogP contribution in [0.5, 0.6) is 0 Å². The predicted molar refractivity (Wildman–Crippen MR) is 176 cm³/mol. The van der Waals surface area contributed by atoms with Crippen molar-refractivity contribution in [2.45, 2.75) is 69.7 Å². The van der Waals surface area contributed by atoms with E-state index in [9.17, 15) is 14.7 Å². The van der Waals surface area contributed by atoms with Crippen LogP contribution in [0.2, 0.25) is 5.02 Å². The largest absolute Gasteiger partial charge is 0.394 e. The highest BCUT2D eigenvalue weighted by molar-refractivity contribution is 6.34. The Labute approximate surface area is 271 Å². The lowest BCUT2D eigenvalue weighted by Crippen LogP contribution is -2.57. The highest BCUT2D eigenvalue weighted by atomic mass is 35.5. The molecule has 3 amide bonds. The van der Waals surface area contributed by atoms with Crippen LogP contribution in [0.15, 0.2) is 73.8 Å². The first-order chi connectivity index (χ1) is 21.7. The average Bonchev–Trinajstić information content (AvgIpc) is 3.64. The van der Waals surface area contributed by atoms with Crippen molar-refractivity contribution in [1.82, 2.24) is 9.80 Å². The Morgan fingerprint density at radius 3 is 2.40 bits per heavy atom. The third-order valence-corrected chi connectivity index (χ3v) is 10.3. The lowest BCUT2D eigenvalue weighted by molar-refractivity contribution is -0.153. The highest BCUT2D eigenvalue weighted by Crippen LogP contribution is 2.65. The molecule has 3 aliphatic heterocycles. The number of aryl methyl sites for hydroxylation is 1. The number of benzene rings is 2. The van der Waals surface area contributed by atoms with E-state index in [-0.39, 0.29) is 24.3 Å². The maximum Gasteiger partial charge on any atom is 0.253 e. The number of amides is 3. The second kappa shape index (κ2) is 13.1. The van der Waals surface area contributed by atoms with E-state index in [1.165, 1.54) is 4.90 Å². The number of para-hydroxylation sites is 1. The Bertz CT molecular complexity index is 1450. The number of hydrogen-bond acceptors (Lipinski definition) is 5. The van der Waals surface area contributed by atoms with Crippen molar-refractivity contribution >= 4 is 35.0 Å². The summed E-state index contributed by atoms with van der Waals surface area (Å²) < 4.78 is 7.03. The number of rotatable bonds is 13. The van der Waals surface area contributed by atoms with Crippen LogP contribution in [0.25, 0.3) is 0 Å². The number of carbonyl (C=O) groups excluding carboxylic acids is 3. The van der Waals surface area contributed by atoms with Crippen LogP contribution in [-0.2, 0) is 19.1 Å². The zero-order valence-corrected chi connectivity index (χ0v) is 27.2. The fraction of sp³-hybridized carbons (Fsp3) is 0.472. The maximum atomic E-state index is 15.1. The summed E-state index contributed by atoms with van der Waals surface area (Å²) in [5.74, 6) is -2.56. The summed E-state index contributed by atoms with van der Waals surface area (Å²) >= 11 is 6.71. The molecule has 240 valence electrons. The molecular formula is C36H44ClN3O5. The number of fused-ring (bicyclic) bond motifs is 1. The van der Waals surface area contributed by atoms with Gasteiger partial charge in [0.05, 0.1) is 40.8 Å². The molecule has 3 fully saturated rings. The molecule has 5 rings (SSSR count). The molecule has 0 aromatic heterocycles. The van der Waals surface area contributed by atoms with E-state index in [1.54, 1.807) is 28.0 Å². The molecule has 1 spiro atoms. The van der Waals surface area contributed by atoms with Crippen LogP contribution in [-0.4, -0.2) is 76.1 Å². The van der Waals surface area contributed by atoms with Gasteiger partial charge in [0.25, 0.3) is 5.91 Å². The van der Waals surface area contributed by atoms with Gasteiger partial charge < -0.3 is 24.5 Å². The molecular weight excluding hydrogens is 590 g/mol. The van der Waals surface area contributed by atoms with E-state index < -0.39 is 41.7 Å². The Kier molecular flexibility index (Phi) is 9.59. The summed E-state index contributed by atoms with van der Waals surface area (Å²) in [6.07, 6.45) is 5.56. The van der Waals surface area contributed by atoms with Crippen molar-refractivity contribution in [3.8, 4) is 0 Å². The van der Waals surface area contributed by atoms with Gasteiger partial charge in [0, 0.05) is 19.6 Å². The van der Waals surface area contributed by atoms with Crippen LogP contribution >= 0.6 is 11.6 Å². The van der Waals surface area contributed by atoms with Gasteiger partial charge in [-0.2, -0.15) is 0 Å². The third-order valence-electron chi connectivity index (χ3n) is 10.0. The van der Waals surface area contributed by atoms with Crippen LogP contribution in [0, 0.1) is 18.8 Å². The fourth-order valence-corrected chi connectivity index (χ4v) is 8.45. The molecule has 2 aromatic rings. The van der Waals surface area contributed by atoms with Gasteiger partial charge in [-0.15, -0.1) is 13.2 Å². The third kappa shape index (κ3) is 5.21. The molecule has 0 aliphatic carbocycles. The smallest absolute Gasteiger partial charge is 0.253 e. The van der Waals surface area contributed by atoms with Crippen molar-refractivity contribution in [3.05, 3.63) is 90.0 Å². The molecule has 0 saturated carbocycles. The minimum Gasteiger partial charge on any atom is -0.394 e. The molecule has 6 atom stereocenters. The second-order valence-corrected chi connectivity index (χ2v) is 12.8. The van der Waals surface area contributed by atoms with Gasteiger partial charge in [-0.05, 0) is 49.8 Å². The van der Waals surface area contributed by atoms with Crippen molar-refractivity contribution in [2.24, 2.45) is 11.8 Å². The van der Waals surface area contributed by atoms with E-state index in [0.29, 0.717) is 48.6 Å². The zero-order chi connectivity index (χ0) is 32.5. The first-order valence-electron chi connectivity index (χ1n) is 15.9. The molecule has 3 heterocycles. The molecule has 3 saturated heterocycles. The second-order valence-electron chi connectivity index (χ2n) is 12.4. The maximum absolute atomic E-state index is 15.1. The number of ether oxygens (including phenoxy) is 1. The minimum atomic E-state index is -1.27. The quantitative estimate of drug-likeness (QED) is 0.295. The Hall–Kier alpha value is -3.46. The average molecular weight is 634 g/mol. The number of aliphatic hydroxyl groups excluding tert-OH is 1. The predicted octanol–water partition coefficient (Wildman–Crippen LogP) is 5.48. The van der Waals surface area contributed by atoms with E-state index in [0.717, 1.165) is 12.0 Å². The normalized spacial score (nSPS) is 27.3. The van der Waals surface area contributed by atoms with Gasteiger partial charge in [-0.1, -0.05) is 80.1 Å².